The van der Waals surface area contributed by atoms with Crippen molar-refractivity contribution in [3.63, 3.8) is 0 Å². The summed E-state index contributed by atoms with van der Waals surface area (Å²) in [6, 6.07) is 29.9. The van der Waals surface area contributed by atoms with Gasteiger partial charge in [-0.05, 0) is 74.6 Å². The molecule has 0 saturated carbocycles. The topological polar surface area (TPSA) is 86.8 Å². The Balaban J connectivity index is 1.83. The SMILES string of the molecule is CC[C@@H](C)NC(=O)[C@@H](Cc1ccccc1)N(Cc1ccccc1C)C(=O)CN(c1ccc(C)cc1C)S(=O)(=O)c1ccccc1. The van der Waals surface area contributed by atoms with E-state index in [-0.39, 0.29) is 29.8 Å². The van der Waals surface area contributed by atoms with Crippen LogP contribution in [-0.2, 0) is 32.6 Å². The van der Waals surface area contributed by atoms with E-state index in [1.165, 1.54) is 16.4 Å². The van der Waals surface area contributed by atoms with Crippen LogP contribution in [0.3, 0.4) is 0 Å². The van der Waals surface area contributed by atoms with Crippen molar-refractivity contribution in [2.24, 2.45) is 0 Å². The third kappa shape index (κ3) is 8.39. The van der Waals surface area contributed by atoms with Crippen LogP contribution >= 0.6 is 0 Å². The second-order valence-corrected chi connectivity index (χ2v) is 13.4. The molecular weight excluding hydrogens is 582 g/mol. The molecule has 45 heavy (non-hydrogen) atoms. The fourth-order valence-corrected chi connectivity index (χ4v) is 6.78. The van der Waals surface area contributed by atoms with Gasteiger partial charge in [0.15, 0.2) is 0 Å². The molecule has 7 nitrogen and oxygen atoms in total. The van der Waals surface area contributed by atoms with E-state index in [0.29, 0.717) is 5.69 Å². The van der Waals surface area contributed by atoms with Crippen LogP contribution in [0.2, 0.25) is 0 Å². The Morgan fingerprint density at radius 2 is 1.42 bits per heavy atom. The van der Waals surface area contributed by atoms with Crippen molar-refractivity contribution in [3.8, 4) is 0 Å². The molecule has 0 aliphatic heterocycles. The van der Waals surface area contributed by atoms with Gasteiger partial charge in [0, 0.05) is 19.0 Å². The standard InChI is InChI=1S/C37H43N3O4S/c1-6-30(5)38-37(42)35(24-31-16-9-7-10-17-31)39(25-32-18-14-13-15-28(32)3)36(41)26-40(34-22-21-27(2)23-29(34)4)45(43,44)33-19-11-8-12-20-33/h7-23,30,35H,6,24-26H2,1-5H3,(H,38,42)/t30-,35-/m1/s1. The average molecular weight is 626 g/mol. The minimum absolute atomic E-state index is 0.0820. The number of hydrogen-bond acceptors (Lipinski definition) is 4. The molecule has 8 heteroatoms. The third-order valence-corrected chi connectivity index (χ3v) is 9.88. The fourth-order valence-electron chi connectivity index (χ4n) is 5.28. The number of hydrogen-bond donors (Lipinski definition) is 1. The molecule has 0 heterocycles. The Morgan fingerprint density at radius 1 is 0.800 bits per heavy atom. The molecular formula is C37H43N3O4S. The van der Waals surface area contributed by atoms with E-state index in [9.17, 15) is 18.0 Å². The van der Waals surface area contributed by atoms with Gasteiger partial charge in [-0.25, -0.2) is 8.42 Å². The monoisotopic (exact) mass is 625 g/mol. The highest BCUT2D eigenvalue weighted by molar-refractivity contribution is 7.92. The molecule has 4 aromatic carbocycles. The first-order valence-electron chi connectivity index (χ1n) is 15.3. The molecule has 1 N–H and O–H groups in total. The lowest BCUT2D eigenvalue weighted by Crippen LogP contribution is -2.54. The Kier molecular flexibility index (Phi) is 11.2. The van der Waals surface area contributed by atoms with Crippen molar-refractivity contribution in [1.82, 2.24) is 10.2 Å². The summed E-state index contributed by atoms with van der Waals surface area (Å²) >= 11 is 0. The zero-order chi connectivity index (χ0) is 32.6. The highest BCUT2D eigenvalue weighted by Gasteiger charge is 2.35. The number of anilines is 1. The second kappa shape index (κ2) is 15.0. The fraction of sp³-hybridized carbons (Fsp3) is 0.297. The Labute approximate surface area is 268 Å². The largest absolute Gasteiger partial charge is 0.352 e. The van der Waals surface area contributed by atoms with Crippen LogP contribution < -0.4 is 9.62 Å². The van der Waals surface area contributed by atoms with Crippen LogP contribution in [0, 0.1) is 20.8 Å². The predicted octanol–water partition coefficient (Wildman–Crippen LogP) is 6.36. The van der Waals surface area contributed by atoms with E-state index in [4.69, 9.17) is 0 Å². The zero-order valence-corrected chi connectivity index (χ0v) is 27.6. The van der Waals surface area contributed by atoms with E-state index in [0.717, 1.165) is 34.2 Å². The number of sulfonamides is 1. The van der Waals surface area contributed by atoms with Gasteiger partial charge in [0.1, 0.15) is 12.6 Å². The van der Waals surface area contributed by atoms with E-state index >= 15 is 0 Å². The Bertz CT molecular complexity index is 1710. The van der Waals surface area contributed by atoms with Crippen LogP contribution in [0.15, 0.2) is 108 Å². The second-order valence-electron chi connectivity index (χ2n) is 11.6. The van der Waals surface area contributed by atoms with Gasteiger partial charge in [-0.3, -0.25) is 13.9 Å². The van der Waals surface area contributed by atoms with Crippen molar-refractivity contribution in [2.45, 2.75) is 71.0 Å². The van der Waals surface area contributed by atoms with Crippen LogP contribution in [0.25, 0.3) is 0 Å². The summed E-state index contributed by atoms with van der Waals surface area (Å²) in [6.45, 7) is 9.32. The maximum Gasteiger partial charge on any atom is 0.264 e. The molecule has 0 aliphatic carbocycles. The first-order chi connectivity index (χ1) is 21.5. The summed E-state index contributed by atoms with van der Waals surface area (Å²) in [7, 11) is -4.14. The number of benzene rings is 4. The van der Waals surface area contributed by atoms with Gasteiger partial charge in [0.05, 0.1) is 10.6 Å². The summed E-state index contributed by atoms with van der Waals surface area (Å²) in [6.07, 6.45) is 1.00. The van der Waals surface area contributed by atoms with E-state index in [1.54, 1.807) is 29.2 Å². The molecule has 2 atom stereocenters. The highest BCUT2D eigenvalue weighted by Crippen LogP contribution is 2.28. The molecule has 4 rings (SSSR count). The van der Waals surface area contributed by atoms with Gasteiger partial charge in [-0.15, -0.1) is 0 Å². The van der Waals surface area contributed by atoms with Crippen LogP contribution in [0.4, 0.5) is 5.69 Å². The number of amides is 2. The van der Waals surface area contributed by atoms with E-state index in [2.05, 4.69) is 5.32 Å². The zero-order valence-electron chi connectivity index (χ0n) is 26.7. The van der Waals surface area contributed by atoms with E-state index < -0.39 is 28.5 Å². The van der Waals surface area contributed by atoms with Crippen LogP contribution in [-0.4, -0.2) is 43.8 Å². The molecule has 0 unspecified atom stereocenters. The highest BCUT2D eigenvalue weighted by atomic mass is 32.2. The Hall–Kier alpha value is -4.43. The van der Waals surface area contributed by atoms with Gasteiger partial charge in [-0.1, -0.05) is 97.4 Å². The molecule has 0 aromatic heterocycles. The lowest BCUT2D eigenvalue weighted by atomic mass is 10.0. The van der Waals surface area contributed by atoms with Crippen molar-refractivity contribution < 1.29 is 18.0 Å². The minimum Gasteiger partial charge on any atom is -0.352 e. The number of nitrogens with one attached hydrogen (secondary N) is 1. The van der Waals surface area contributed by atoms with Gasteiger partial charge < -0.3 is 10.2 Å². The van der Waals surface area contributed by atoms with Crippen LogP contribution in [0.1, 0.15) is 48.1 Å². The van der Waals surface area contributed by atoms with Gasteiger partial charge in [0.2, 0.25) is 11.8 Å². The molecule has 0 radical (unpaired) electrons. The van der Waals surface area contributed by atoms with Gasteiger partial charge in [0.25, 0.3) is 10.0 Å². The van der Waals surface area contributed by atoms with Gasteiger partial charge >= 0.3 is 0 Å². The summed E-state index contributed by atoms with van der Waals surface area (Å²) in [4.78, 5) is 30.2. The lowest BCUT2D eigenvalue weighted by molar-refractivity contribution is -0.140. The molecule has 4 aromatic rings. The number of carbonyl (C=O) groups excluding carboxylic acids is 2. The van der Waals surface area contributed by atoms with E-state index in [1.807, 2.05) is 101 Å². The summed E-state index contributed by atoms with van der Waals surface area (Å²) < 4.78 is 29.6. The Morgan fingerprint density at radius 3 is 2.04 bits per heavy atom. The molecule has 2 amide bonds. The minimum atomic E-state index is -4.14. The van der Waals surface area contributed by atoms with Crippen molar-refractivity contribution in [3.05, 3.63) is 131 Å². The molecule has 0 bridgehead atoms. The number of carbonyl (C=O) groups is 2. The molecule has 236 valence electrons. The summed E-state index contributed by atoms with van der Waals surface area (Å²) in [5, 5.41) is 3.08. The molecule has 0 aliphatic rings. The average Bonchev–Trinajstić information content (AvgIpc) is 3.03. The smallest absolute Gasteiger partial charge is 0.264 e. The summed E-state index contributed by atoms with van der Waals surface area (Å²) in [5.74, 6) is -0.753. The predicted molar refractivity (Wildman–Crippen MR) is 180 cm³/mol. The molecule has 0 saturated heterocycles. The normalized spacial score (nSPS) is 12.6. The maximum absolute atomic E-state index is 14.6. The molecule has 0 spiro atoms. The lowest BCUT2D eigenvalue weighted by Gasteiger charge is -2.35. The first-order valence-corrected chi connectivity index (χ1v) is 16.8. The number of aryl methyl sites for hydroxylation is 3. The summed E-state index contributed by atoms with van der Waals surface area (Å²) in [5.41, 5.74) is 4.86. The maximum atomic E-state index is 14.6. The number of nitrogens with zero attached hydrogens (tertiary/aromatic N) is 2. The first kappa shape index (κ1) is 33.5. The number of rotatable bonds is 13. The van der Waals surface area contributed by atoms with Gasteiger partial charge in [-0.2, -0.15) is 0 Å². The van der Waals surface area contributed by atoms with Crippen LogP contribution in [0.5, 0.6) is 0 Å². The van der Waals surface area contributed by atoms with Crippen molar-refractivity contribution in [2.75, 3.05) is 10.8 Å². The quantitative estimate of drug-likeness (QED) is 0.187. The third-order valence-electron chi connectivity index (χ3n) is 8.11. The molecule has 0 fully saturated rings. The van der Waals surface area contributed by atoms with Crippen molar-refractivity contribution in [1.29, 1.82) is 0 Å². The van der Waals surface area contributed by atoms with Crippen molar-refractivity contribution >= 4 is 27.5 Å².